The average molecular weight is 312 g/mol. The molecule has 0 atom stereocenters. The summed E-state index contributed by atoms with van der Waals surface area (Å²) in [6, 6.07) is 20.3. The number of nitriles is 2. The minimum absolute atomic E-state index is 0.476. The van der Waals surface area contributed by atoms with Crippen LogP contribution in [0.1, 0.15) is 11.1 Å². The summed E-state index contributed by atoms with van der Waals surface area (Å²) in [5.41, 5.74) is 4.35. The van der Waals surface area contributed by atoms with Gasteiger partial charge in [-0.3, -0.25) is 0 Å². The molecule has 0 aliphatic carbocycles. The number of fused-ring (bicyclic) bond motifs is 2. The van der Waals surface area contributed by atoms with E-state index in [4.69, 9.17) is 10.5 Å². The summed E-state index contributed by atoms with van der Waals surface area (Å²) in [7, 11) is 0. The van der Waals surface area contributed by atoms with Gasteiger partial charge in [-0.1, -0.05) is 36.4 Å². The van der Waals surface area contributed by atoms with Crippen molar-refractivity contribution in [2.75, 3.05) is 0 Å². The molecule has 0 spiro atoms. The highest BCUT2D eigenvalue weighted by molar-refractivity contribution is 5.83. The highest BCUT2D eigenvalue weighted by Gasteiger charge is 2.01. The van der Waals surface area contributed by atoms with Crippen molar-refractivity contribution in [1.29, 1.82) is 10.5 Å². The summed E-state index contributed by atoms with van der Waals surface area (Å²) in [6.45, 7) is 0. The lowest BCUT2D eigenvalue weighted by Gasteiger charge is -1.89. The van der Waals surface area contributed by atoms with Crippen LogP contribution in [-0.4, -0.2) is 9.97 Å². The highest BCUT2D eigenvalue weighted by atomic mass is 14.7. The molecule has 24 heavy (non-hydrogen) atoms. The number of benzene rings is 2. The Bertz CT molecular complexity index is 955. The van der Waals surface area contributed by atoms with Gasteiger partial charge in [-0.15, -0.1) is 0 Å². The minimum atomic E-state index is 0.476. The Kier molecular flexibility index (Phi) is 4.60. The van der Waals surface area contributed by atoms with Gasteiger partial charge >= 0.3 is 0 Å². The minimum Gasteiger partial charge on any atom is -0.361 e. The molecule has 0 saturated carbocycles. The van der Waals surface area contributed by atoms with Crippen molar-refractivity contribution in [2.45, 2.75) is 12.8 Å². The molecule has 0 fully saturated rings. The van der Waals surface area contributed by atoms with Crippen LogP contribution in [0.15, 0.2) is 60.9 Å². The van der Waals surface area contributed by atoms with Crippen LogP contribution in [0.2, 0.25) is 0 Å². The van der Waals surface area contributed by atoms with Gasteiger partial charge in [0.15, 0.2) is 0 Å². The SMILES string of the molecule is N#CCc1c[nH]c2ccccc12.N#CCc1c[nH]c2ccccc12. The van der Waals surface area contributed by atoms with Crippen molar-refractivity contribution < 1.29 is 0 Å². The van der Waals surface area contributed by atoms with Crippen molar-refractivity contribution in [1.82, 2.24) is 9.97 Å². The monoisotopic (exact) mass is 312 g/mol. The van der Waals surface area contributed by atoms with Crippen LogP contribution >= 0.6 is 0 Å². The second kappa shape index (κ2) is 7.17. The molecule has 4 aromatic rings. The fourth-order valence-electron chi connectivity index (χ4n) is 2.73. The van der Waals surface area contributed by atoms with Crippen molar-refractivity contribution in [3.05, 3.63) is 72.1 Å². The van der Waals surface area contributed by atoms with E-state index in [1.807, 2.05) is 60.9 Å². The number of hydrogen-bond acceptors (Lipinski definition) is 2. The fourth-order valence-corrected chi connectivity index (χ4v) is 2.73. The smallest absolute Gasteiger partial charge is 0.0670 e. The molecule has 0 saturated heterocycles. The van der Waals surface area contributed by atoms with Crippen LogP contribution in [0.3, 0.4) is 0 Å². The van der Waals surface area contributed by atoms with Crippen LogP contribution < -0.4 is 0 Å². The van der Waals surface area contributed by atoms with Crippen LogP contribution in [0.4, 0.5) is 0 Å². The van der Waals surface area contributed by atoms with Gasteiger partial charge in [-0.2, -0.15) is 10.5 Å². The number of nitrogens with zero attached hydrogens (tertiary/aromatic N) is 2. The van der Waals surface area contributed by atoms with Gasteiger partial charge in [0.05, 0.1) is 25.0 Å². The van der Waals surface area contributed by atoms with Crippen molar-refractivity contribution >= 4 is 21.8 Å². The molecule has 0 bridgehead atoms. The predicted octanol–water partition coefficient (Wildman–Crippen LogP) is 4.47. The molecule has 2 N–H and O–H groups in total. The molecule has 0 unspecified atom stereocenters. The van der Waals surface area contributed by atoms with Gasteiger partial charge in [0.25, 0.3) is 0 Å². The molecule has 2 heterocycles. The maximum absolute atomic E-state index is 8.53. The normalized spacial score (nSPS) is 9.92. The first-order valence-electron chi connectivity index (χ1n) is 7.67. The number of rotatable bonds is 2. The first kappa shape index (κ1) is 15.4. The van der Waals surface area contributed by atoms with Gasteiger partial charge in [0.1, 0.15) is 0 Å². The predicted molar refractivity (Wildman–Crippen MR) is 95.2 cm³/mol. The molecule has 0 aliphatic rings. The Labute approximate surface area is 140 Å². The lowest BCUT2D eigenvalue weighted by Crippen LogP contribution is -1.75. The molecule has 0 amide bonds. The Morgan fingerprint density at radius 2 is 1.08 bits per heavy atom. The standard InChI is InChI=1S/2C10H8N2/c2*11-6-5-8-7-12-10-4-2-1-3-9(8)10/h2*1-4,7,12H,5H2. The third kappa shape index (κ3) is 3.14. The lowest BCUT2D eigenvalue weighted by molar-refractivity contribution is 1.28. The zero-order valence-electron chi connectivity index (χ0n) is 13.1. The average Bonchev–Trinajstić information content (AvgIpc) is 3.22. The first-order chi connectivity index (χ1) is 11.8. The first-order valence-corrected chi connectivity index (χ1v) is 7.67. The van der Waals surface area contributed by atoms with E-state index in [-0.39, 0.29) is 0 Å². The number of aromatic amines is 2. The lowest BCUT2D eigenvalue weighted by atomic mass is 10.1. The highest BCUT2D eigenvalue weighted by Crippen LogP contribution is 2.18. The van der Waals surface area contributed by atoms with Gasteiger partial charge in [-0.05, 0) is 23.3 Å². The Morgan fingerprint density at radius 3 is 1.50 bits per heavy atom. The summed E-state index contributed by atoms with van der Waals surface area (Å²) < 4.78 is 0. The van der Waals surface area contributed by atoms with E-state index in [1.54, 1.807) is 0 Å². The zero-order valence-corrected chi connectivity index (χ0v) is 13.1. The summed E-state index contributed by atoms with van der Waals surface area (Å²) in [5.74, 6) is 0. The van der Waals surface area contributed by atoms with E-state index in [1.165, 1.54) is 0 Å². The molecule has 4 rings (SSSR count). The number of para-hydroxylation sites is 2. The molecular formula is C20H16N4. The summed E-state index contributed by atoms with van der Waals surface area (Å²) in [6.07, 6.45) is 4.75. The van der Waals surface area contributed by atoms with Crippen molar-refractivity contribution in [3.8, 4) is 12.1 Å². The maximum Gasteiger partial charge on any atom is 0.0670 e. The van der Waals surface area contributed by atoms with Crippen LogP contribution in [-0.2, 0) is 12.8 Å². The van der Waals surface area contributed by atoms with Gasteiger partial charge in [-0.25, -0.2) is 0 Å². The number of nitrogens with one attached hydrogen (secondary N) is 2. The van der Waals surface area contributed by atoms with Crippen LogP contribution in [0.25, 0.3) is 21.8 Å². The van der Waals surface area contributed by atoms with Gasteiger partial charge in [0, 0.05) is 34.2 Å². The van der Waals surface area contributed by atoms with Crippen LogP contribution in [0.5, 0.6) is 0 Å². The van der Waals surface area contributed by atoms with Gasteiger partial charge < -0.3 is 9.97 Å². The summed E-state index contributed by atoms with van der Waals surface area (Å²) in [5, 5.41) is 19.4. The third-order valence-corrected chi connectivity index (χ3v) is 3.89. The van der Waals surface area contributed by atoms with Crippen LogP contribution in [0, 0.1) is 22.7 Å². The van der Waals surface area contributed by atoms with E-state index in [2.05, 4.69) is 22.1 Å². The molecule has 2 aromatic carbocycles. The van der Waals surface area contributed by atoms with E-state index in [9.17, 15) is 0 Å². The number of aromatic nitrogens is 2. The molecule has 0 radical (unpaired) electrons. The Balaban J connectivity index is 0.000000141. The summed E-state index contributed by atoms with van der Waals surface area (Å²) in [4.78, 5) is 6.24. The molecule has 0 aliphatic heterocycles. The van der Waals surface area contributed by atoms with Gasteiger partial charge in [0.2, 0.25) is 0 Å². The molecule has 4 heteroatoms. The molecular weight excluding hydrogens is 296 g/mol. The molecule has 116 valence electrons. The second-order valence-corrected chi connectivity index (χ2v) is 5.39. The Hall–Kier alpha value is -3.50. The number of hydrogen-bond donors (Lipinski definition) is 2. The van der Waals surface area contributed by atoms with Crippen molar-refractivity contribution in [2.24, 2.45) is 0 Å². The van der Waals surface area contributed by atoms with E-state index in [0.29, 0.717) is 12.8 Å². The third-order valence-electron chi connectivity index (χ3n) is 3.89. The Morgan fingerprint density at radius 1 is 0.667 bits per heavy atom. The zero-order chi connectivity index (χ0) is 16.8. The van der Waals surface area contributed by atoms with E-state index >= 15 is 0 Å². The second-order valence-electron chi connectivity index (χ2n) is 5.39. The van der Waals surface area contributed by atoms with E-state index < -0.39 is 0 Å². The fraction of sp³-hybridized carbons (Fsp3) is 0.100. The van der Waals surface area contributed by atoms with Crippen molar-refractivity contribution in [3.63, 3.8) is 0 Å². The number of H-pyrrole nitrogens is 2. The van der Waals surface area contributed by atoms with E-state index in [0.717, 1.165) is 32.9 Å². The summed E-state index contributed by atoms with van der Waals surface area (Å²) >= 11 is 0. The topological polar surface area (TPSA) is 79.2 Å². The largest absolute Gasteiger partial charge is 0.361 e. The maximum atomic E-state index is 8.53. The molecule has 2 aromatic heterocycles. The quantitative estimate of drug-likeness (QED) is 0.573. The molecule has 4 nitrogen and oxygen atoms in total.